The van der Waals surface area contributed by atoms with Gasteiger partial charge in [-0.1, -0.05) is 31.0 Å². The minimum absolute atomic E-state index is 0.0645. The minimum atomic E-state index is -3.78. The van der Waals surface area contributed by atoms with Crippen LogP contribution in [-0.4, -0.2) is 37.6 Å². The summed E-state index contributed by atoms with van der Waals surface area (Å²) < 4.78 is 33.9. The van der Waals surface area contributed by atoms with Gasteiger partial charge in [0, 0.05) is 30.3 Å². The third kappa shape index (κ3) is 3.95. The molecule has 2 aromatic carbocycles. The van der Waals surface area contributed by atoms with Crippen LogP contribution in [0.1, 0.15) is 60.4 Å². The highest BCUT2D eigenvalue weighted by atomic mass is 32.2. The maximum Gasteiger partial charge on any atom is 0.268 e. The van der Waals surface area contributed by atoms with Gasteiger partial charge >= 0.3 is 0 Å². The van der Waals surface area contributed by atoms with Gasteiger partial charge in [-0.2, -0.15) is 0 Å². The van der Waals surface area contributed by atoms with Crippen LogP contribution in [0, 0.1) is 0 Å². The van der Waals surface area contributed by atoms with Crippen LogP contribution >= 0.6 is 0 Å². The van der Waals surface area contributed by atoms with E-state index in [1.807, 2.05) is 24.3 Å². The van der Waals surface area contributed by atoms with Gasteiger partial charge in [-0.15, -0.1) is 0 Å². The van der Waals surface area contributed by atoms with Crippen LogP contribution in [0.25, 0.3) is 10.9 Å². The largest absolute Gasteiger partial charge is 0.376 e. The molecule has 1 amide bonds. The van der Waals surface area contributed by atoms with Crippen LogP contribution in [0.3, 0.4) is 0 Å². The van der Waals surface area contributed by atoms with Gasteiger partial charge in [-0.05, 0) is 67.5 Å². The molecule has 0 bridgehead atoms. The molecule has 3 aromatic rings. The Morgan fingerprint density at radius 1 is 1.00 bits per heavy atom. The lowest BCUT2D eigenvalue weighted by Gasteiger charge is -2.11. The molecule has 7 heteroatoms. The minimum Gasteiger partial charge on any atom is -0.376 e. The fourth-order valence-corrected chi connectivity index (χ4v) is 6.32. The fraction of sp³-hybridized carbons (Fsp3) is 0.400. The Kier molecular flexibility index (Phi) is 5.78. The monoisotopic (exact) mass is 452 g/mol. The van der Waals surface area contributed by atoms with Gasteiger partial charge in [0.2, 0.25) is 0 Å². The number of ether oxygens (including phenoxy) is 1. The van der Waals surface area contributed by atoms with Crippen LogP contribution in [0.4, 0.5) is 0 Å². The number of amides is 1. The smallest absolute Gasteiger partial charge is 0.268 e. The van der Waals surface area contributed by atoms with Crippen molar-refractivity contribution in [1.29, 1.82) is 0 Å². The molecule has 0 unspecified atom stereocenters. The van der Waals surface area contributed by atoms with E-state index in [-0.39, 0.29) is 16.9 Å². The number of nitrogens with zero attached hydrogens (tertiary/aromatic N) is 1. The zero-order valence-corrected chi connectivity index (χ0v) is 18.8. The zero-order valence-electron chi connectivity index (χ0n) is 18.0. The summed E-state index contributed by atoms with van der Waals surface area (Å²) in [6.45, 7) is 1.21. The van der Waals surface area contributed by atoms with Gasteiger partial charge in [-0.25, -0.2) is 12.4 Å². The van der Waals surface area contributed by atoms with Gasteiger partial charge in [-0.3, -0.25) is 4.79 Å². The topological polar surface area (TPSA) is 77.4 Å². The number of aromatic nitrogens is 1. The highest BCUT2D eigenvalue weighted by Gasteiger charge is 2.26. The predicted octanol–water partition coefficient (Wildman–Crippen LogP) is 4.44. The van der Waals surface area contributed by atoms with E-state index in [0.717, 1.165) is 43.2 Å². The van der Waals surface area contributed by atoms with Crippen molar-refractivity contribution in [3.63, 3.8) is 0 Å². The van der Waals surface area contributed by atoms with Gasteiger partial charge in [0.05, 0.1) is 16.5 Å². The first-order valence-corrected chi connectivity index (χ1v) is 12.8. The number of para-hydroxylation sites is 1. The third-order valence-electron chi connectivity index (χ3n) is 6.69. The molecule has 1 aliphatic heterocycles. The van der Waals surface area contributed by atoms with E-state index in [0.29, 0.717) is 23.5 Å². The highest BCUT2D eigenvalue weighted by molar-refractivity contribution is 7.90. The summed E-state index contributed by atoms with van der Waals surface area (Å²) in [5.74, 6) is 0.186. The first kappa shape index (κ1) is 21.2. The van der Waals surface area contributed by atoms with Crippen molar-refractivity contribution >= 4 is 26.8 Å². The number of hydrogen-bond donors (Lipinski definition) is 1. The first-order chi connectivity index (χ1) is 15.5. The molecule has 2 fully saturated rings. The number of fused-ring (bicyclic) bond motifs is 1. The van der Waals surface area contributed by atoms with E-state index >= 15 is 0 Å². The molecule has 1 saturated carbocycles. The van der Waals surface area contributed by atoms with E-state index in [9.17, 15) is 13.2 Å². The molecular formula is C25H28N2O4S. The Morgan fingerprint density at radius 2 is 1.75 bits per heavy atom. The molecule has 32 heavy (non-hydrogen) atoms. The molecule has 0 spiro atoms. The Balaban J connectivity index is 1.41. The first-order valence-electron chi connectivity index (χ1n) is 11.4. The molecule has 1 aliphatic carbocycles. The van der Waals surface area contributed by atoms with Gasteiger partial charge in [0.15, 0.2) is 0 Å². The zero-order chi connectivity index (χ0) is 22.1. The Morgan fingerprint density at radius 3 is 2.47 bits per heavy atom. The lowest BCUT2D eigenvalue weighted by molar-refractivity contribution is 0.0857. The van der Waals surface area contributed by atoms with Crippen molar-refractivity contribution in [3.05, 3.63) is 65.9 Å². The molecular weight excluding hydrogens is 424 g/mol. The van der Waals surface area contributed by atoms with Crippen molar-refractivity contribution in [2.75, 3.05) is 13.2 Å². The number of carbonyl (C=O) groups excluding carboxylic acids is 1. The van der Waals surface area contributed by atoms with E-state index in [2.05, 4.69) is 5.32 Å². The van der Waals surface area contributed by atoms with Crippen molar-refractivity contribution in [2.45, 2.75) is 55.4 Å². The summed E-state index contributed by atoms with van der Waals surface area (Å²) >= 11 is 0. The molecule has 2 heterocycles. The maximum absolute atomic E-state index is 13.5. The third-order valence-corrected chi connectivity index (χ3v) is 8.38. The summed E-state index contributed by atoms with van der Waals surface area (Å²) in [5, 5.41) is 3.88. The highest BCUT2D eigenvalue weighted by Crippen LogP contribution is 2.39. The molecule has 1 atom stereocenters. The van der Waals surface area contributed by atoms with Crippen molar-refractivity contribution in [1.82, 2.24) is 9.29 Å². The molecule has 1 aromatic heterocycles. The second kappa shape index (κ2) is 8.71. The quantitative estimate of drug-likeness (QED) is 0.600. The summed E-state index contributed by atoms with van der Waals surface area (Å²) in [7, 11) is -3.78. The molecule has 5 rings (SSSR count). The van der Waals surface area contributed by atoms with Gasteiger partial charge in [0.25, 0.3) is 15.9 Å². The maximum atomic E-state index is 13.5. The molecule has 2 aliphatic rings. The molecule has 168 valence electrons. The van der Waals surface area contributed by atoms with Crippen molar-refractivity contribution in [3.8, 4) is 0 Å². The van der Waals surface area contributed by atoms with E-state index in [1.165, 1.54) is 28.9 Å². The van der Waals surface area contributed by atoms with Gasteiger partial charge < -0.3 is 10.1 Å². The second-order valence-electron chi connectivity index (χ2n) is 8.75. The van der Waals surface area contributed by atoms with Gasteiger partial charge in [0.1, 0.15) is 0 Å². The lowest BCUT2D eigenvalue weighted by atomic mass is 9.97. The Hall–Kier alpha value is -2.64. The molecule has 1 N–H and O–H groups in total. The molecule has 0 radical (unpaired) electrons. The van der Waals surface area contributed by atoms with E-state index in [4.69, 9.17) is 4.74 Å². The molecule has 1 saturated heterocycles. The van der Waals surface area contributed by atoms with Crippen LogP contribution in [0.2, 0.25) is 0 Å². The number of benzene rings is 2. The lowest BCUT2D eigenvalue weighted by Crippen LogP contribution is -2.31. The van der Waals surface area contributed by atoms with Crippen LogP contribution in [0.5, 0.6) is 0 Å². The van der Waals surface area contributed by atoms with E-state index < -0.39 is 10.0 Å². The normalized spacial score (nSPS) is 19.6. The summed E-state index contributed by atoms with van der Waals surface area (Å²) in [6, 6.07) is 13.9. The summed E-state index contributed by atoms with van der Waals surface area (Å²) in [6.07, 6.45) is 8.41. The summed E-state index contributed by atoms with van der Waals surface area (Å²) in [4.78, 5) is 12.6. The standard InChI is InChI=1S/C25H28N2O4S/c28-25(26-16-20-8-5-15-31-20)19-11-13-21(14-12-19)32(29,30)27-17-23(18-6-1-2-7-18)22-9-3-4-10-24(22)27/h3-4,9-14,17-18,20H,1-2,5-8,15-16H2,(H,26,28)/t20-/m1/s1. The number of nitrogens with one attached hydrogen (secondary N) is 1. The average molecular weight is 453 g/mol. The van der Waals surface area contributed by atoms with Crippen LogP contribution < -0.4 is 5.32 Å². The fourth-order valence-electron chi connectivity index (χ4n) is 4.94. The number of hydrogen-bond acceptors (Lipinski definition) is 4. The average Bonchev–Trinajstić information content (AvgIpc) is 3.58. The molecule has 6 nitrogen and oxygen atoms in total. The predicted molar refractivity (Wildman–Crippen MR) is 123 cm³/mol. The number of carbonyl (C=O) groups is 1. The Bertz CT molecular complexity index is 1220. The van der Waals surface area contributed by atoms with E-state index in [1.54, 1.807) is 18.3 Å². The number of rotatable bonds is 6. The van der Waals surface area contributed by atoms with Crippen LogP contribution in [-0.2, 0) is 14.8 Å². The Labute approximate surface area is 188 Å². The summed E-state index contributed by atoms with van der Waals surface area (Å²) in [5.41, 5.74) is 2.26. The van der Waals surface area contributed by atoms with Crippen molar-refractivity contribution < 1.29 is 17.9 Å². The van der Waals surface area contributed by atoms with Crippen LogP contribution in [0.15, 0.2) is 59.6 Å². The SMILES string of the molecule is O=C(NC[C@H]1CCCO1)c1ccc(S(=O)(=O)n2cc(C3CCCC3)c3ccccc32)cc1. The second-order valence-corrected chi connectivity index (χ2v) is 10.6. The van der Waals surface area contributed by atoms with Crippen molar-refractivity contribution in [2.24, 2.45) is 0 Å².